The van der Waals surface area contributed by atoms with E-state index in [1.54, 1.807) is 6.07 Å². The zero-order chi connectivity index (χ0) is 19.0. The average Bonchev–Trinajstić information content (AvgIpc) is 3.27. The molecule has 27 heavy (non-hydrogen) atoms. The lowest BCUT2D eigenvalue weighted by molar-refractivity contribution is -0.117. The Kier molecular flexibility index (Phi) is 4.58. The predicted octanol–water partition coefficient (Wildman–Crippen LogP) is 4.81. The van der Waals surface area contributed by atoms with Crippen molar-refractivity contribution >= 4 is 29.0 Å². The number of hydrogen-bond acceptors (Lipinski definition) is 2. The molecule has 4 nitrogen and oxygen atoms in total. The first-order valence-corrected chi connectivity index (χ1v) is 9.28. The lowest BCUT2D eigenvalue weighted by Gasteiger charge is -2.11. The van der Waals surface area contributed by atoms with Gasteiger partial charge in [-0.25, -0.2) is 0 Å². The highest BCUT2D eigenvalue weighted by molar-refractivity contribution is 6.31. The summed E-state index contributed by atoms with van der Waals surface area (Å²) >= 11 is 6.14. The molecule has 0 bridgehead atoms. The first-order chi connectivity index (χ1) is 13.0. The first kappa shape index (κ1) is 17.6. The number of hydrogen-bond donors (Lipinski definition) is 1. The van der Waals surface area contributed by atoms with Crippen LogP contribution in [0.25, 0.3) is 0 Å². The van der Waals surface area contributed by atoms with Gasteiger partial charge in [-0.2, -0.15) is 0 Å². The Morgan fingerprint density at radius 1 is 1.07 bits per heavy atom. The largest absolute Gasteiger partial charge is 0.341 e. The van der Waals surface area contributed by atoms with Crippen molar-refractivity contribution in [2.24, 2.45) is 0 Å². The number of halogens is 1. The Morgan fingerprint density at radius 2 is 1.85 bits per heavy atom. The minimum absolute atomic E-state index is 0.0202. The Labute approximate surface area is 162 Å². The lowest BCUT2D eigenvalue weighted by atomic mass is 10.0. The van der Waals surface area contributed by atoms with Crippen molar-refractivity contribution in [1.29, 1.82) is 0 Å². The molecule has 1 N–H and O–H groups in total. The SMILES string of the molecule is Cc1ccc(NC(=O)[C@H]2CCn3c(C(=O)c4ccccc4)ccc32)cc1Cl. The van der Waals surface area contributed by atoms with Crippen LogP contribution < -0.4 is 5.32 Å². The summed E-state index contributed by atoms with van der Waals surface area (Å²) in [4.78, 5) is 25.5. The molecule has 3 aromatic rings. The molecule has 2 aromatic carbocycles. The van der Waals surface area contributed by atoms with Gasteiger partial charge < -0.3 is 9.88 Å². The molecule has 0 saturated heterocycles. The molecule has 0 fully saturated rings. The summed E-state index contributed by atoms with van der Waals surface area (Å²) in [7, 11) is 0. The fraction of sp³-hybridized carbons (Fsp3) is 0.182. The molecule has 4 rings (SSSR count). The maximum Gasteiger partial charge on any atom is 0.233 e. The van der Waals surface area contributed by atoms with E-state index in [9.17, 15) is 9.59 Å². The number of fused-ring (bicyclic) bond motifs is 1. The van der Waals surface area contributed by atoms with E-state index in [2.05, 4.69) is 5.32 Å². The van der Waals surface area contributed by atoms with Crippen LogP contribution in [-0.4, -0.2) is 16.3 Å². The standard InChI is InChI=1S/C22H19ClN2O2/c1-14-7-8-16(13-18(14)23)24-22(27)17-11-12-25-19(17)9-10-20(25)21(26)15-5-3-2-4-6-15/h2-10,13,17H,11-12H2,1H3,(H,24,27)/t17-/m0/s1. The molecular weight excluding hydrogens is 360 g/mol. The fourth-order valence-electron chi connectivity index (χ4n) is 3.54. The number of ketones is 1. The number of carbonyl (C=O) groups excluding carboxylic acids is 2. The van der Waals surface area contributed by atoms with Crippen molar-refractivity contribution in [2.45, 2.75) is 25.8 Å². The molecule has 1 aliphatic heterocycles. The Hall–Kier alpha value is -2.85. The van der Waals surface area contributed by atoms with Gasteiger partial charge in [0.05, 0.1) is 11.6 Å². The number of nitrogens with one attached hydrogen (secondary N) is 1. The summed E-state index contributed by atoms with van der Waals surface area (Å²) in [6, 6.07) is 18.4. The zero-order valence-corrected chi connectivity index (χ0v) is 15.7. The van der Waals surface area contributed by atoms with Crippen LogP contribution in [0.3, 0.4) is 0 Å². The van der Waals surface area contributed by atoms with Gasteiger partial charge in [-0.05, 0) is 43.2 Å². The third kappa shape index (κ3) is 3.28. The van der Waals surface area contributed by atoms with E-state index in [0.29, 0.717) is 34.9 Å². The average molecular weight is 379 g/mol. The zero-order valence-electron chi connectivity index (χ0n) is 14.9. The van der Waals surface area contributed by atoms with Gasteiger partial charge in [0.1, 0.15) is 0 Å². The highest BCUT2D eigenvalue weighted by atomic mass is 35.5. The maximum atomic E-state index is 12.8. The van der Waals surface area contributed by atoms with E-state index >= 15 is 0 Å². The number of amides is 1. The van der Waals surface area contributed by atoms with Crippen molar-refractivity contribution in [3.63, 3.8) is 0 Å². The first-order valence-electron chi connectivity index (χ1n) is 8.91. The van der Waals surface area contributed by atoms with Crippen LogP contribution >= 0.6 is 11.6 Å². The van der Waals surface area contributed by atoms with Crippen LogP contribution in [0.1, 0.15) is 39.6 Å². The number of benzene rings is 2. The van der Waals surface area contributed by atoms with E-state index in [-0.39, 0.29) is 17.6 Å². The summed E-state index contributed by atoms with van der Waals surface area (Å²) in [5.41, 5.74) is 3.81. The summed E-state index contributed by atoms with van der Waals surface area (Å²) in [6.07, 6.45) is 0.677. The van der Waals surface area contributed by atoms with Crippen LogP contribution in [0.5, 0.6) is 0 Å². The van der Waals surface area contributed by atoms with Gasteiger partial charge in [-0.1, -0.05) is 48.0 Å². The second-order valence-electron chi connectivity index (χ2n) is 6.78. The van der Waals surface area contributed by atoms with Crippen LogP contribution in [0.2, 0.25) is 5.02 Å². The molecule has 5 heteroatoms. The van der Waals surface area contributed by atoms with E-state index in [1.807, 2.05) is 66.1 Å². The van der Waals surface area contributed by atoms with Crippen LogP contribution in [0.15, 0.2) is 60.7 Å². The molecule has 2 heterocycles. The number of carbonyl (C=O) groups is 2. The quantitative estimate of drug-likeness (QED) is 0.662. The molecule has 1 atom stereocenters. The number of anilines is 1. The van der Waals surface area contributed by atoms with E-state index in [4.69, 9.17) is 11.6 Å². The molecule has 0 spiro atoms. The second-order valence-corrected chi connectivity index (χ2v) is 7.19. The highest BCUT2D eigenvalue weighted by Gasteiger charge is 2.32. The van der Waals surface area contributed by atoms with Gasteiger partial charge in [-0.3, -0.25) is 9.59 Å². The minimum Gasteiger partial charge on any atom is -0.341 e. The molecule has 1 amide bonds. The number of aryl methyl sites for hydroxylation is 1. The minimum atomic E-state index is -0.276. The van der Waals surface area contributed by atoms with Gasteiger partial charge >= 0.3 is 0 Å². The topological polar surface area (TPSA) is 51.1 Å². The van der Waals surface area contributed by atoms with Crippen molar-refractivity contribution in [2.75, 3.05) is 5.32 Å². The van der Waals surface area contributed by atoms with Crippen LogP contribution in [-0.2, 0) is 11.3 Å². The molecule has 0 unspecified atom stereocenters. The summed E-state index contributed by atoms with van der Waals surface area (Å²) < 4.78 is 1.96. The molecular formula is C22H19ClN2O2. The fourth-order valence-corrected chi connectivity index (χ4v) is 3.72. The maximum absolute atomic E-state index is 12.8. The number of nitrogens with zero attached hydrogens (tertiary/aromatic N) is 1. The molecule has 0 radical (unpaired) electrons. The molecule has 136 valence electrons. The van der Waals surface area contributed by atoms with Gasteiger partial charge in [0.15, 0.2) is 0 Å². The Bertz CT molecular complexity index is 1020. The summed E-state index contributed by atoms with van der Waals surface area (Å²) in [6.45, 7) is 2.58. The number of rotatable bonds is 4. The molecule has 1 aromatic heterocycles. The molecule has 0 aliphatic carbocycles. The van der Waals surface area contributed by atoms with Gasteiger partial charge in [0, 0.05) is 28.5 Å². The van der Waals surface area contributed by atoms with E-state index < -0.39 is 0 Å². The van der Waals surface area contributed by atoms with Gasteiger partial charge in [-0.15, -0.1) is 0 Å². The monoisotopic (exact) mass is 378 g/mol. The number of aromatic nitrogens is 1. The summed E-state index contributed by atoms with van der Waals surface area (Å²) in [5, 5.41) is 3.56. The van der Waals surface area contributed by atoms with Gasteiger partial charge in [0.25, 0.3) is 0 Å². The lowest BCUT2D eigenvalue weighted by Crippen LogP contribution is -2.19. The Morgan fingerprint density at radius 3 is 2.59 bits per heavy atom. The van der Waals surface area contributed by atoms with Crippen molar-refractivity contribution in [1.82, 2.24) is 4.57 Å². The highest BCUT2D eigenvalue weighted by Crippen LogP contribution is 2.32. The summed E-state index contributed by atoms with van der Waals surface area (Å²) in [5.74, 6) is -0.374. The van der Waals surface area contributed by atoms with Crippen molar-refractivity contribution in [3.8, 4) is 0 Å². The predicted molar refractivity (Wildman–Crippen MR) is 106 cm³/mol. The second kappa shape index (κ2) is 7.05. The van der Waals surface area contributed by atoms with Gasteiger partial charge in [0.2, 0.25) is 11.7 Å². The normalized spacial score (nSPS) is 15.4. The van der Waals surface area contributed by atoms with E-state index in [1.165, 1.54) is 0 Å². The third-order valence-corrected chi connectivity index (χ3v) is 5.44. The van der Waals surface area contributed by atoms with E-state index in [0.717, 1.165) is 11.3 Å². The molecule has 1 aliphatic rings. The van der Waals surface area contributed by atoms with Crippen molar-refractivity contribution < 1.29 is 9.59 Å². The third-order valence-electron chi connectivity index (χ3n) is 5.04. The van der Waals surface area contributed by atoms with Crippen LogP contribution in [0, 0.1) is 6.92 Å². The smallest absolute Gasteiger partial charge is 0.233 e. The van der Waals surface area contributed by atoms with Crippen molar-refractivity contribution in [3.05, 3.63) is 88.2 Å². The molecule has 0 saturated carbocycles. The Balaban J connectivity index is 1.55. The van der Waals surface area contributed by atoms with Crippen LogP contribution in [0.4, 0.5) is 5.69 Å².